The Labute approximate surface area is 123 Å². The minimum Gasteiger partial charge on any atom is -0.352 e. The highest BCUT2D eigenvalue weighted by Crippen LogP contribution is 2.21. The van der Waals surface area contributed by atoms with E-state index in [2.05, 4.69) is 10.0 Å². The number of nitrogens with one attached hydrogen (secondary N) is 2. The summed E-state index contributed by atoms with van der Waals surface area (Å²) in [6.07, 6.45) is 1.53. The molecule has 0 fully saturated rings. The van der Waals surface area contributed by atoms with Gasteiger partial charge >= 0.3 is 0 Å². The molecule has 0 atom stereocenters. The zero-order chi connectivity index (χ0) is 15.6. The summed E-state index contributed by atoms with van der Waals surface area (Å²) in [4.78, 5) is 0.152. The molecule has 0 unspecified atom stereocenters. The van der Waals surface area contributed by atoms with E-state index >= 15 is 0 Å². The van der Waals surface area contributed by atoms with Crippen LogP contribution in [0.25, 0.3) is 0 Å². The maximum Gasteiger partial charge on any atom is 0.263 e. The summed E-state index contributed by atoms with van der Waals surface area (Å²) >= 11 is 0. The number of aromatic nitrogens is 1. The Balaban J connectivity index is 2.34. The number of benzene rings is 1. The van der Waals surface area contributed by atoms with E-state index in [1.807, 2.05) is 0 Å². The minimum atomic E-state index is -3.74. The highest BCUT2D eigenvalue weighted by molar-refractivity contribution is 7.92. The lowest BCUT2D eigenvalue weighted by Crippen LogP contribution is -2.13. The topological polar surface area (TPSA) is 63.1 Å². The standard InChI is InChI=1S/C14H18FN3O2S/c1-10-4-5-11(15)6-14(10)17-21(19,20)13-7-12(8-16-2)18(3)9-13/h4-7,9,16-17H,8H2,1-3H3. The van der Waals surface area contributed by atoms with E-state index in [0.29, 0.717) is 12.1 Å². The fraction of sp³-hybridized carbons (Fsp3) is 0.286. The molecule has 1 heterocycles. The van der Waals surface area contributed by atoms with Gasteiger partial charge in [-0.1, -0.05) is 6.07 Å². The largest absolute Gasteiger partial charge is 0.352 e. The van der Waals surface area contributed by atoms with Gasteiger partial charge in [0.2, 0.25) is 0 Å². The van der Waals surface area contributed by atoms with E-state index in [9.17, 15) is 12.8 Å². The first-order valence-corrected chi connectivity index (χ1v) is 7.90. The van der Waals surface area contributed by atoms with Crippen molar-refractivity contribution < 1.29 is 12.8 Å². The average molecular weight is 311 g/mol. The third-order valence-electron chi connectivity index (χ3n) is 3.19. The lowest BCUT2D eigenvalue weighted by molar-refractivity contribution is 0.601. The number of anilines is 1. The normalized spacial score (nSPS) is 11.6. The van der Waals surface area contributed by atoms with Crippen molar-refractivity contribution in [3.8, 4) is 0 Å². The molecule has 5 nitrogen and oxygen atoms in total. The van der Waals surface area contributed by atoms with E-state index in [1.54, 1.807) is 31.7 Å². The van der Waals surface area contributed by atoms with Crippen LogP contribution >= 0.6 is 0 Å². The molecular formula is C14H18FN3O2S. The zero-order valence-electron chi connectivity index (χ0n) is 12.1. The van der Waals surface area contributed by atoms with E-state index in [1.165, 1.54) is 24.4 Å². The number of sulfonamides is 1. The van der Waals surface area contributed by atoms with Crippen molar-refractivity contribution in [2.45, 2.75) is 18.4 Å². The molecule has 0 spiro atoms. The number of rotatable bonds is 5. The van der Waals surface area contributed by atoms with Gasteiger partial charge in [-0.15, -0.1) is 0 Å². The molecule has 2 N–H and O–H groups in total. The third kappa shape index (κ3) is 3.43. The molecule has 2 rings (SSSR count). The summed E-state index contributed by atoms with van der Waals surface area (Å²) < 4.78 is 42.1. The van der Waals surface area contributed by atoms with E-state index < -0.39 is 15.8 Å². The fourth-order valence-electron chi connectivity index (χ4n) is 1.99. The second-order valence-electron chi connectivity index (χ2n) is 4.87. The molecule has 0 aliphatic heterocycles. The number of hydrogen-bond donors (Lipinski definition) is 2. The highest BCUT2D eigenvalue weighted by atomic mass is 32.2. The number of aryl methyl sites for hydroxylation is 2. The minimum absolute atomic E-state index is 0.152. The van der Waals surface area contributed by atoms with Crippen molar-refractivity contribution in [1.29, 1.82) is 0 Å². The van der Waals surface area contributed by atoms with E-state index in [0.717, 1.165) is 5.69 Å². The van der Waals surface area contributed by atoms with Gasteiger partial charge in [-0.2, -0.15) is 0 Å². The predicted octanol–water partition coefficient (Wildman–Crippen LogP) is 1.99. The van der Waals surface area contributed by atoms with Crippen molar-refractivity contribution in [2.24, 2.45) is 7.05 Å². The van der Waals surface area contributed by atoms with Crippen LogP contribution in [0.4, 0.5) is 10.1 Å². The van der Waals surface area contributed by atoms with Crippen LogP contribution in [0.15, 0.2) is 35.4 Å². The zero-order valence-corrected chi connectivity index (χ0v) is 13.0. The Morgan fingerprint density at radius 3 is 2.67 bits per heavy atom. The molecule has 2 aromatic rings. The molecule has 114 valence electrons. The van der Waals surface area contributed by atoms with Gasteiger partial charge in [0.15, 0.2) is 0 Å². The van der Waals surface area contributed by atoms with Gasteiger partial charge in [-0.05, 0) is 37.7 Å². The Kier molecular flexibility index (Phi) is 4.34. The van der Waals surface area contributed by atoms with Gasteiger partial charge in [-0.3, -0.25) is 4.72 Å². The molecule has 0 bridgehead atoms. The molecule has 7 heteroatoms. The highest BCUT2D eigenvalue weighted by Gasteiger charge is 2.18. The molecule has 1 aromatic heterocycles. The average Bonchev–Trinajstić information content (AvgIpc) is 2.77. The first kappa shape index (κ1) is 15.5. The Bertz CT molecular complexity index is 754. The van der Waals surface area contributed by atoms with Crippen molar-refractivity contribution in [1.82, 2.24) is 9.88 Å². The third-order valence-corrected chi connectivity index (χ3v) is 4.53. The van der Waals surface area contributed by atoms with Crippen LogP contribution < -0.4 is 10.0 Å². The Morgan fingerprint density at radius 1 is 1.29 bits per heavy atom. The second-order valence-corrected chi connectivity index (χ2v) is 6.56. The maximum absolute atomic E-state index is 13.2. The first-order chi connectivity index (χ1) is 9.83. The molecule has 0 amide bonds. The molecular weight excluding hydrogens is 293 g/mol. The monoisotopic (exact) mass is 311 g/mol. The van der Waals surface area contributed by atoms with Crippen molar-refractivity contribution in [2.75, 3.05) is 11.8 Å². The summed E-state index contributed by atoms with van der Waals surface area (Å²) in [6, 6.07) is 5.59. The van der Waals surface area contributed by atoms with Crippen molar-refractivity contribution in [3.05, 3.63) is 47.5 Å². The SMILES string of the molecule is CNCc1cc(S(=O)(=O)Nc2cc(F)ccc2C)cn1C. The van der Waals surface area contributed by atoms with Crippen molar-refractivity contribution in [3.63, 3.8) is 0 Å². The molecule has 0 saturated heterocycles. The summed E-state index contributed by atoms with van der Waals surface area (Å²) in [5.41, 5.74) is 1.74. The molecule has 1 aromatic carbocycles. The molecule has 0 aliphatic rings. The van der Waals surface area contributed by atoms with Gasteiger partial charge in [0.25, 0.3) is 10.0 Å². The summed E-state index contributed by atoms with van der Waals surface area (Å²) in [5, 5.41) is 2.97. The Morgan fingerprint density at radius 2 is 2.00 bits per heavy atom. The number of halogens is 1. The van der Waals surface area contributed by atoms with Gasteiger partial charge in [-0.25, -0.2) is 12.8 Å². The molecule has 0 saturated carbocycles. The smallest absolute Gasteiger partial charge is 0.263 e. The quantitative estimate of drug-likeness (QED) is 0.887. The molecule has 21 heavy (non-hydrogen) atoms. The van der Waals surface area contributed by atoms with Gasteiger partial charge in [0.05, 0.1) is 5.69 Å². The van der Waals surface area contributed by atoms with Crippen LogP contribution in [0.5, 0.6) is 0 Å². The summed E-state index contributed by atoms with van der Waals surface area (Å²) in [5.74, 6) is -0.484. The van der Waals surface area contributed by atoms with Crippen molar-refractivity contribution >= 4 is 15.7 Å². The van der Waals surface area contributed by atoms with Crippen LogP contribution in [0, 0.1) is 12.7 Å². The van der Waals surface area contributed by atoms with E-state index in [-0.39, 0.29) is 10.6 Å². The number of nitrogens with zero attached hydrogens (tertiary/aromatic N) is 1. The lowest BCUT2D eigenvalue weighted by atomic mass is 10.2. The lowest BCUT2D eigenvalue weighted by Gasteiger charge is -2.09. The maximum atomic E-state index is 13.2. The van der Waals surface area contributed by atoms with Gasteiger partial charge in [0.1, 0.15) is 10.7 Å². The van der Waals surface area contributed by atoms with Crippen LogP contribution in [-0.4, -0.2) is 20.0 Å². The number of hydrogen-bond acceptors (Lipinski definition) is 3. The van der Waals surface area contributed by atoms with Gasteiger partial charge < -0.3 is 9.88 Å². The van der Waals surface area contributed by atoms with Crippen LogP contribution in [0.2, 0.25) is 0 Å². The van der Waals surface area contributed by atoms with E-state index in [4.69, 9.17) is 0 Å². The predicted molar refractivity (Wildman–Crippen MR) is 80.1 cm³/mol. The first-order valence-electron chi connectivity index (χ1n) is 6.42. The summed E-state index contributed by atoms with van der Waals surface area (Å²) in [6.45, 7) is 2.28. The van der Waals surface area contributed by atoms with Gasteiger partial charge in [0, 0.05) is 25.5 Å². The molecule has 0 radical (unpaired) electrons. The summed E-state index contributed by atoms with van der Waals surface area (Å²) in [7, 11) is -0.174. The fourth-order valence-corrected chi connectivity index (χ4v) is 3.20. The van der Waals surface area contributed by atoms with Crippen LogP contribution in [0.1, 0.15) is 11.3 Å². The second kappa shape index (κ2) is 5.87. The van der Waals surface area contributed by atoms with Crippen LogP contribution in [-0.2, 0) is 23.6 Å². The van der Waals surface area contributed by atoms with Crippen LogP contribution in [0.3, 0.4) is 0 Å². The Hall–Kier alpha value is -1.86. The molecule has 0 aliphatic carbocycles.